The molecule has 10 nitrogen and oxygen atoms in total. The van der Waals surface area contributed by atoms with Gasteiger partial charge in [0, 0.05) is 57.2 Å². The maximum Gasteiger partial charge on any atom is 0.282 e. The smallest absolute Gasteiger partial charge is 0.282 e. The molecule has 1 aliphatic carbocycles. The van der Waals surface area contributed by atoms with Crippen molar-refractivity contribution < 1.29 is 23.2 Å². The van der Waals surface area contributed by atoms with E-state index in [-0.39, 0.29) is 35.6 Å². The first-order chi connectivity index (χ1) is 29.1. The monoisotopic (exact) mass is 836 g/mol. The topological polar surface area (TPSA) is 99.1 Å². The zero-order valence-electron chi connectivity index (χ0n) is 33.9. The van der Waals surface area contributed by atoms with Gasteiger partial charge in [-0.15, -0.1) is 0 Å². The summed E-state index contributed by atoms with van der Waals surface area (Å²) in [6.45, 7) is 5.47. The van der Waals surface area contributed by atoms with Crippen molar-refractivity contribution in [1.82, 2.24) is 19.4 Å². The molecule has 4 saturated heterocycles. The van der Waals surface area contributed by atoms with Gasteiger partial charge in [0.05, 0.1) is 27.0 Å². The first-order valence-electron chi connectivity index (χ1n) is 22.1. The third kappa shape index (κ3) is 6.73. The Morgan fingerprint density at radius 2 is 1.53 bits per heavy atom. The average Bonchev–Trinajstić information content (AvgIpc) is 3.82. The zero-order chi connectivity index (χ0) is 41.3. The van der Waals surface area contributed by atoms with Gasteiger partial charge in [-0.3, -0.25) is 23.7 Å². The third-order valence-electron chi connectivity index (χ3n) is 14.7. The van der Waals surface area contributed by atoms with Crippen LogP contribution >= 0.6 is 11.6 Å². The molecule has 0 unspecified atom stereocenters. The van der Waals surface area contributed by atoms with Gasteiger partial charge in [0.15, 0.2) is 11.6 Å². The number of anilines is 2. The Kier molecular flexibility index (Phi) is 10.3. The van der Waals surface area contributed by atoms with Crippen LogP contribution in [0.4, 0.5) is 20.2 Å². The van der Waals surface area contributed by atoms with E-state index >= 15 is 8.78 Å². The molecule has 4 aromatic rings. The van der Waals surface area contributed by atoms with Crippen molar-refractivity contribution in [2.24, 2.45) is 11.8 Å². The number of imide groups is 1. The minimum absolute atomic E-state index is 0.0812. The number of aromatic nitrogens is 2. The molecule has 0 N–H and O–H groups in total. The van der Waals surface area contributed by atoms with E-state index in [1.165, 1.54) is 29.7 Å². The SMILES string of the molecule is O=C(C1CCN(c2cc(F)c(N3C(=O)CCCC3=O)c(F)c2)CC1)N1CC[C@H](CN2CCC(c3ccc4c(c3)-n3c(nc(=O)c5c(Cl)cccc53)C43CCCCC3)CC2)C1. The van der Waals surface area contributed by atoms with Gasteiger partial charge in [-0.1, -0.05) is 49.1 Å². The molecular weight excluding hydrogens is 786 g/mol. The number of amides is 3. The van der Waals surface area contributed by atoms with E-state index < -0.39 is 29.1 Å². The molecule has 13 heteroatoms. The molecule has 5 fully saturated rings. The predicted octanol–water partition coefficient (Wildman–Crippen LogP) is 7.87. The summed E-state index contributed by atoms with van der Waals surface area (Å²) in [6.07, 6.45) is 10.3. The van der Waals surface area contributed by atoms with Gasteiger partial charge in [0.2, 0.25) is 17.7 Å². The second-order valence-corrected chi connectivity index (χ2v) is 18.5. The Morgan fingerprint density at radius 3 is 2.25 bits per heavy atom. The average molecular weight is 837 g/mol. The number of carbonyl (C=O) groups is 3. The minimum atomic E-state index is -0.932. The molecule has 1 aromatic heterocycles. The van der Waals surface area contributed by atoms with Gasteiger partial charge in [-0.05, 0) is 118 Å². The Balaban J connectivity index is 0.748. The highest BCUT2D eigenvalue weighted by atomic mass is 35.5. The van der Waals surface area contributed by atoms with E-state index in [1.807, 2.05) is 21.9 Å². The van der Waals surface area contributed by atoms with Crippen molar-refractivity contribution in [2.45, 2.75) is 94.8 Å². The summed E-state index contributed by atoms with van der Waals surface area (Å²) in [6, 6.07) is 15.1. The lowest BCUT2D eigenvalue weighted by Crippen LogP contribution is -2.43. The largest absolute Gasteiger partial charge is 0.371 e. The summed E-state index contributed by atoms with van der Waals surface area (Å²) in [5.74, 6) is -1.27. The molecule has 10 rings (SSSR count). The van der Waals surface area contributed by atoms with Crippen LogP contribution in [0.5, 0.6) is 0 Å². The molecule has 60 heavy (non-hydrogen) atoms. The van der Waals surface area contributed by atoms with Crippen LogP contribution in [0, 0.1) is 23.5 Å². The Labute approximate surface area is 353 Å². The van der Waals surface area contributed by atoms with Crippen molar-refractivity contribution >= 4 is 51.6 Å². The molecular formula is C47H51ClF2N6O4. The second kappa shape index (κ2) is 15.7. The molecule has 5 aliphatic heterocycles. The van der Waals surface area contributed by atoms with E-state index in [2.05, 4.69) is 27.7 Å². The van der Waals surface area contributed by atoms with E-state index in [9.17, 15) is 19.2 Å². The standard InChI is InChI=1S/C47H51ClF2N6O4/c48-35-6-4-7-38-42(35)44(59)51-46-47(17-2-1-3-18-47)34-11-10-32(24-39(34)55(38)46)30-13-19-52(20-14-30)27-29-12-21-54(28-29)45(60)31-15-22-53(23-16-31)33-25-36(49)43(37(50)26-33)56-40(57)8-5-9-41(56)58/h4,6-7,10-11,24-26,29-31H,1-3,5,8-9,12-23,27-28H2/t29-/m1/s1. The minimum Gasteiger partial charge on any atom is -0.371 e. The Bertz CT molecular complexity index is 2410. The van der Waals surface area contributed by atoms with Crippen LogP contribution in [0.2, 0.25) is 5.02 Å². The van der Waals surface area contributed by atoms with Gasteiger partial charge in [0.1, 0.15) is 11.5 Å². The van der Waals surface area contributed by atoms with Crippen molar-refractivity contribution in [3.8, 4) is 5.69 Å². The number of rotatable bonds is 6. The first-order valence-corrected chi connectivity index (χ1v) is 22.4. The first kappa shape index (κ1) is 39.5. The van der Waals surface area contributed by atoms with Gasteiger partial charge < -0.3 is 14.7 Å². The van der Waals surface area contributed by atoms with Gasteiger partial charge in [-0.2, -0.15) is 4.98 Å². The molecule has 1 spiro atoms. The zero-order valence-corrected chi connectivity index (χ0v) is 34.7. The summed E-state index contributed by atoms with van der Waals surface area (Å²) in [5, 5.41) is 0.928. The van der Waals surface area contributed by atoms with E-state index in [4.69, 9.17) is 16.6 Å². The molecule has 3 aromatic carbocycles. The lowest BCUT2D eigenvalue weighted by atomic mass is 9.69. The fourth-order valence-corrected chi connectivity index (χ4v) is 11.8. The van der Waals surface area contributed by atoms with Crippen molar-refractivity contribution in [2.75, 3.05) is 55.6 Å². The summed E-state index contributed by atoms with van der Waals surface area (Å²) >= 11 is 6.60. The number of halogens is 3. The maximum absolute atomic E-state index is 15.2. The third-order valence-corrected chi connectivity index (χ3v) is 15.0. The van der Waals surface area contributed by atoms with Gasteiger partial charge >= 0.3 is 0 Å². The van der Waals surface area contributed by atoms with Crippen LogP contribution in [0.25, 0.3) is 16.6 Å². The molecule has 6 heterocycles. The number of carbonyl (C=O) groups excluding carboxylic acids is 3. The molecule has 314 valence electrons. The second-order valence-electron chi connectivity index (χ2n) is 18.1. The Morgan fingerprint density at radius 1 is 0.817 bits per heavy atom. The fourth-order valence-electron chi connectivity index (χ4n) is 11.5. The highest BCUT2D eigenvalue weighted by Crippen LogP contribution is 2.52. The lowest BCUT2D eigenvalue weighted by Gasteiger charge is -2.35. The molecule has 1 saturated carbocycles. The fraction of sp³-hybridized carbons (Fsp3) is 0.511. The predicted molar refractivity (Wildman–Crippen MR) is 227 cm³/mol. The highest BCUT2D eigenvalue weighted by Gasteiger charge is 2.47. The summed E-state index contributed by atoms with van der Waals surface area (Å²) in [5.41, 5.74) is 3.89. The molecule has 3 amide bonds. The number of likely N-dealkylation sites (tertiary alicyclic amines) is 2. The molecule has 0 bridgehead atoms. The van der Waals surface area contributed by atoms with Gasteiger partial charge in [0.25, 0.3) is 5.56 Å². The van der Waals surface area contributed by atoms with Crippen LogP contribution in [-0.4, -0.2) is 82.9 Å². The van der Waals surface area contributed by atoms with Crippen molar-refractivity contribution in [1.29, 1.82) is 0 Å². The van der Waals surface area contributed by atoms with E-state index in [0.29, 0.717) is 65.2 Å². The lowest BCUT2D eigenvalue weighted by molar-refractivity contribution is -0.135. The van der Waals surface area contributed by atoms with Crippen LogP contribution in [0.15, 0.2) is 53.3 Å². The van der Waals surface area contributed by atoms with Gasteiger partial charge in [-0.25, -0.2) is 13.7 Å². The van der Waals surface area contributed by atoms with Crippen LogP contribution < -0.4 is 15.4 Å². The van der Waals surface area contributed by atoms with Crippen molar-refractivity contribution in [3.05, 3.63) is 92.5 Å². The van der Waals surface area contributed by atoms with Crippen LogP contribution in [0.1, 0.15) is 106 Å². The number of fused-ring (bicyclic) bond motifs is 7. The van der Waals surface area contributed by atoms with E-state index in [0.717, 1.165) is 94.7 Å². The number of piperidine rings is 3. The number of hydrogen-bond acceptors (Lipinski definition) is 7. The number of benzene rings is 3. The molecule has 0 radical (unpaired) electrons. The highest BCUT2D eigenvalue weighted by molar-refractivity contribution is 6.35. The Hall–Kier alpha value is -4.68. The molecule has 6 aliphatic rings. The van der Waals surface area contributed by atoms with E-state index in [1.54, 1.807) is 6.07 Å². The summed E-state index contributed by atoms with van der Waals surface area (Å²) < 4.78 is 32.7. The quantitative estimate of drug-likeness (QED) is 0.183. The normalized spacial score (nSPS) is 22.6. The van der Waals surface area contributed by atoms with Crippen LogP contribution in [-0.2, 0) is 19.8 Å². The molecule has 1 atom stereocenters. The number of nitrogens with zero attached hydrogens (tertiary/aromatic N) is 6. The summed E-state index contributed by atoms with van der Waals surface area (Å²) in [7, 11) is 0. The maximum atomic E-state index is 15.2. The van der Waals surface area contributed by atoms with Crippen molar-refractivity contribution in [3.63, 3.8) is 0 Å². The summed E-state index contributed by atoms with van der Waals surface area (Å²) in [4.78, 5) is 63.7. The number of hydrogen-bond donors (Lipinski definition) is 0. The van der Waals surface area contributed by atoms with Crippen LogP contribution in [0.3, 0.4) is 0 Å².